The highest BCUT2D eigenvalue weighted by atomic mass is 16.5. The van der Waals surface area contributed by atoms with Crippen LogP contribution in [0.4, 0.5) is 5.69 Å². The minimum absolute atomic E-state index is 0.0269. The maximum Gasteiger partial charge on any atom is 0.339 e. The Hall–Kier alpha value is -3.79. The molecular formula is C25H31N3O7. The van der Waals surface area contributed by atoms with Crippen LogP contribution in [0, 0.1) is 0 Å². The number of ether oxygens (including phenoxy) is 4. The zero-order valence-electron chi connectivity index (χ0n) is 20.4. The molecule has 2 aromatic carbocycles. The van der Waals surface area contributed by atoms with Crippen molar-refractivity contribution in [3.8, 4) is 17.2 Å². The van der Waals surface area contributed by atoms with Crippen molar-refractivity contribution in [1.82, 2.24) is 10.2 Å². The van der Waals surface area contributed by atoms with E-state index in [0.717, 1.165) is 0 Å². The number of piperidine rings is 1. The lowest BCUT2D eigenvalue weighted by molar-refractivity contribution is -0.117. The standard InChI is InChI=1S/C25H31N3O7/c1-32-20-13-16(14-21(33-2)23(20)34-3)24(30)26-17-9-11-28(12-10-17)15-22(29)27-19-8-6-5-7-18(19)25(31)35-4/h5-8,13-14,17H,9-12,15H2,1-4H3,(H,26,30)(H,27,29). The first-order valence-corrected chi connectivity index (χ1v) is 11.2. The summed E-state index contributed by atoms with van der Waals surface area (Å²) < 4.78 is 20.7. The molecule has 188 valence electrons. The van der Waals surface area contributed by atoms with Gasteiger partial charge in [-0.2, -0.15) is 0 Å². The van der Waals surface area contributed by atoms with Gasteiger partial charge in [-0.05, 0) is 37.1 Å². The summed E-state index contributed by atoms with van der Waals surface area (Å²) in [6, 6.07) is 9.91. The third-order valence-corrected chi connectivity index (χ3v) is 5.82. The minimum Gasteiger partial charge on any atom is -0.493 e. The summed E-state index contributed by atoms with van der Waals surface area (Å²) in [6.07, 6.45) is 1.39. The van der Waals surface area contributed by atoms with Crippen LogP contribution < -0.4 is 24.8 Å². The van der Waals surface area contributed by atoms with Crippen LogP contribution in [0.3, 0.4) is 0 Å². The third kappa shape index (κ3) is 6.42. The maximum atomic E-state index is 12.8. The smallest absolute Gasteiger partial charge is 0.339 e. The number of benzene rings is 2. The number of likely N-dealkylation sites (tertiary alicyclic amines) is 1. The highest BCUT2D eigenvalue weighted by Crippen LogP contribution is 2.38. The van der Waals surface area contributed by atoms with Gasteiger partial charge >= 0.3 is 5.97 Å². The molecule has 3 rings (SSSR count). The Balaban J connectivity index is 1.53. The number of anilines is 1. The van der Waals surface area contributed by atoms with Crippen LogP contribution in [-0.4, -0.2) is 76.8 Å². The van der Waals surface area contributed by atoms with Gasteiger partial charge in [-0.1, -0.05) is 12.1 Å². The van der Waals surface area contributed by atoms with Crippen molar-refractivity contribution in [2.75, 3.05) is 53.4 Å². The first-order chi connectivity index (χ1) is 16.9. The van der Waals surface area contributed by atoms with E-state index in [1.54, 1.807) is 36.4 Å². The Bertz CT molecular complexity index is 1040. The quantitative estimate of drug-likeness (QED) is 0.520. The van der Waals surface area contributed by atoms with Crippen molar-refractivity contribution in [3.05, 3.63) is 47.5 Å². The summed E-state index contributed by atoms with van der Waals surface area (Å²) >= 11 is 0. The molecule has 0 radical (unpaired) electrons. The fourth-order valence-electron chi connectivity index (χ4n) is 3.99. The van der Waals surface area contributed by atoms with Gasteiger partial charge in [0.15, 0.2) is 11.5 Å². The van der Waals surface area contributed by atoms with E-state index < -0.39 is 5.97 Å². The Labute approximate surface area is 204 Å². The zero-order valence-corrected chi connectivity index (χ0v) is 20.4. The molecule has 2 aromatic rings. The molecule has 0 saturated carbocycles. The van der Waals surface area contributed by atoms with Crippen molar-refractivity contribution in [3.63, 3.8) is 0 Å². The van der Waals surface area contributed by atoms with Crippen molar-refractivity contribution in [1.29, 1.82) is 0 Å². The number of amides is 2. The third-order valence-electron chi connectivity index (χ3n) is 5.82. The number of hydrogen-bond acceptors (Lipinski definition) is 8. The van der Waals surface area contributed by atoms with E-state index in [0.29, 0.717) is 60.0 Å². The molecule has 1 aliphatic rings. The van der Waals surface area contributed by atoms with E-state index in [2.05, 4.69) is 10.6 Å². The van der Waals surface area contributed by atoms with Gasteiger partial charge in [0.25, 0.3) is 5.91 Å². The number of para-hydroxylation sites is 1. The topological polar surface area (TPSA) is 115 Å². The molecule has 2 N–H and O–H groups in total. The Morgan fingerprint density at radius 1 is 0.943 bits per heavy atom. The molecule has 1 fully saturated rings. The van der Waals surface area contributed by atoms with Crippen LogP contribution >= 0.6 is 0 Å². The summed E-state index contributed by atoms with van der Waals surface area (Å²) in [5, 5.41) is 5.83. The average molecular weight is 486 g/mol. The number of rotatable bonds is 9. The summed E-state index contributed by atoms with van der Waals surface area (Å²) in [7, 11) is 5.80. The molecule has 2 amide bonds. The molecular weight excluding hydrogens is 454 g/mol. The lowest BCUT2D eigenvalue weighted by atomic mass is 10.0. The van der Waals surface area contributed by atoms with Crippen LogP contribution in [0.25, 0.3) is 0 Å². The Morgan fingerprint density at radius 2 is 1.57 bits per heavy atom. The molecule has 0 aliphatic carbocycles. The van der Waals surface area contributed by atoms with E-state index in [4.69, 9.17) is 18.9 Å². The first kappa shape index (κ1) is 25.8. The molecule has 1 aliphatic heterocycles. The number of nitrogens with zero attached hydrogens (tertiary/aromatic N) is 1. The van der Waals surface area contributed by atoms with Crippen LogP contribution in [0.5, 0.6) is 17.2 Å². The predicted octanol–water partition coefficient (Wildman–Crippen LogP) is 2.33. The number of hydrogen-bond donors (Lipinski definition) is 2. The van der Waals surface area contributed by atoms with Gasteiger partial charge in [-0.15, -0.1) is 0 Å². The van der Waals surface area contributed by atoms with Gasteiger partial charge < -0.3 is 29.6 Å². The van der Waals surface area contributed by atoms with Crippen LogP contribution in [0.15, 0.2) is 36.4 Å². The van der Waals surface area contributed by atoms with Crippen LogP contribution in [0.2, 0.25) is 0 Å². The fraction of sp³-hybridized carbons (Fsp3) is 0.400. The molecule has 1 saturated heterocycles. The minimum atomic E-state index is -0.510. The maximum absolute atomic E-state index is 12.8. The highest BCUT2D eigenvalue weighted by molar-refractivity contribution is 6.01. The molecule has 1 heterocycles. The second-order valence-corrected chi connectivity index (χ2v) is 8.02. The normalized spacial score (nSPS) is 14.1. The predicted molar refractivity (Wildman–Crippen MR) is 129 cm³/mol. The molecule has 0 bridgehead atoms. The SMILES string of the molecule is COC(=O)c1ccccc1NC(=O)CN1CCC(NC(=O)c2cc(OC)c(OC)c(OC)c2)CC1. The number of methoxy groups -OCH3 is 4. The van der Waals surface area contributed by atoms with E-state index >= 15 is 0 Å². The van der Waals surface area contributed by atoms with E-state index in [1.165, 1.54) is 28.4 Å². The number of nitrogens with one attached hydrogen (secondary N) is 2. The van der Waals surface area contributed by atoms with Crippen molar-refractivity contribution >= 4 is 23.5 Å². The van der Waals surface area contributed by atoms with E-state index in [1.807, 2.05) is 4.90 Å². The lowest BCUT2D eigenvalue weighted by Crippen LogP contribution is -2.46. The van der Waals surface area contributed by atoms with Crippen molar-refractivity contribution < 1.29 is 33.3 Å². The molecule has 10 heteroatoms. The second kappa shape index (κ2) is 12.1. The number of carbonyl (C=O) groups is 3. The summed E-state index contributed by atoms with van der Waals surface area (Å²) in [6.45, 7) is 1.47. The van der Waals surface area contributed by atoms with Crippen LogP contribution in [-0.2, 0) is 9.53 Å². The molecule has 0 unspecified atom stereocenters. The summed E-state index contributed by atoms with van der Waals surface area (Å²) in [5.41, 5.74) is 1.12. The number of carbonyl (C=O) groups excluding carboxylic acids is 3. The highest BCUT2D eigenvalue weighted by Gasteiger charge is 2.24. The number of esters is 1. The zero-order chi connectivity index (χ0) is 25.4. The van der Waals surface area contributed by atoms with Gasteiger partial charge in [0, 0.05) is 24.7 Å². The summed E-state index contributed by atoms with van der Waals surface area (Å²) in [4.78, 5) is 39.3. The largest absolute Gasteiger partial charge is 0.493 e. The van der Waals surface area contributed by atoms with Gasteiger partial charge in [0.1, 0.15) is 0 Å². The van der Waals surface area contributed by atoms with Crippen molar-refractivity contribution in [2.24, 2.45) is 0 Å². The molecule has 0 atom stereocenters. The molecule has 0 spiro atoms. The Morgan fingerprint density at radius 3 is 2.14 bits per heavy atom. The monoisotopic (exact) mass is 485 g/mol. The Kier molecular flexibility index (Phi) is 8.91. The lowest BCUT2D eigenvalue weighted by Gasteiger charge is -2.32. The molecule has 10 nitrogen and oxygen atoms in total. The first-order valence-electron chi connectivity index (χ1n) is 11.2. The van der Waals surface area contributed by atoms with Crippen molar-refractivity contribution in [2.45, 2.75) is 18.9 Å². The van der Waals surface area contributed by atoms with Gasteiger partial charge in [-0.3, -0.25) is 14.5 Å². The van der Waals surface area contributed by atoms with Gasteiger partial charge in [-0.25, -0.2) is 4.79 Å². The van der Waals surface area contributed by atoms with Gasteiger partial charge in [0.2, 0.25) is 11.7 Å². The fourth-order valence-corrected chi connectivity index (χ4v) is 3.99. The van der Waals surface area contributed by atoms with Gasteiger partial charge in [0.05, 0.1) is 46.2 Å². The second-order valence-electron chi connectivity index (χ2n) is 8.02. The average Bonchev–Trinajstić information content (AvgIpc) is 2.88. The van der Waals surface area contributed by atoms with E-state index in [-0.39, 0.29) is 24.4 Å². The van der Waals surface area contributed by atoms with Crippen LogP contribution in [0.1, 0.15) is 33.6 Å². The summed E-state index contributed by atoms with van der Waals surface area (Å²) in [5.74, 6) is 0.274. The molecule has 0 aromatic heterocycles. The molecule has 35 heavy (non-hydrogen) atoms. The van der Waals surface area contributed by atoms with E-state index in [9.17, 15) is 14.4 Å².